The zero-order chi connectivity index (χ0) is 22.5. The molecule has 5 nitrogen and oxygen atoms in total. The van der Waals surface area contributed by atoms with E-state index in [1.165, 1.54) is 70.3 Å². The summed E-state index contributed by atoms with van der Waals surface area (Å²) in [4.78, 5) is 9.57. The van der Waals surface area contributed by atoms with Gasteiger partial charge in [-0.3, -0.25) is 9.05 Å². The van der Waals surface area contributed by atoms with Crippen molar-refractivity contribution >= 4 is 15.9 Å². The molecule has 0 spiro atoms. The number of phosphoric ester groups is 1. The zero-order valence-electron chi connectivity index (χ0n) is 20.3. The Morgan fingerprint density at radius 3 is 2.17 bits per heavy atom. The normalized spacial score (nSPS) is 20.1. The van der Waals surface area contributed by atoms with Crippen LogP contribution in [0.15, 0.2) is 0 Å². The van der Waals surface area contributed by atoms with E-state index in [0.29, 0.717) is 6.42 Å². The minimum atomic E-state index is -3.90. The third-order valence-corrected chi connectivity index (χ3v) is 9.43. The zero-order valence-corrected chi connectivity index (χ0v) is 22.2. The number of unbranched alkanes of at least 4 members (excludes halogenated alkanes) is 2. The van der Waals surface area contributed by atoms with Crippen LogP contribution in [0.25, 0.3) is 0 Å². The molecule has 1 aliphatic carbocycles. The molecule has 1 fully saturated rings. The maximum atomic E-state index is 11.7. The van der Waals surface area contributed by atoms with Crippen LogP contribution in [0.2, 0.25) is 25.7 Å². The van der Waals surface area contributed by atoms with Gasteiger partial charge in [0.25, 0.3) is 0 Å². The Morgan fingerprint density at radius 1 is 0.967 bits per heavy atom. The second-order valence-electron chi connectivity index (χ2n) is 10.7. The summed E-state index contributed by atoms with van der Waals surface area (Å²) in [6, 6.07) is 1.36. The molecule has 0 amide bonds. The van der Waals surface area contributed by atoms with Crippen LogP contribution in [0.1, 0.15) is 96.8 Å². The van der Waals surface area contributed by atoms with Crippen molar-refractivity contribution in [3.63, 3.8) is 0 Å². The summed E-state index contributed by atoms with van der Waals surface area (Å²) in [5.74, 6) is 0.938. The highest BCUT2D eigenvalue weighted by Crippen LogP contribution is 2.43. The highest BCUT2D eigenvalue weighted by Gasteiger charge is 2.26. The lowest BCUT2D eigenvalue weighted by Crippen LogP contribution is -2.40. The summed E-state index contributed by atoms with van der Waals surface area (Å²) in [6.45, 7) is 9.37. The number of hydrogen-bond donors (Lipinski definition) is 2. The first-order valence-corrected chi connectivity index (χ1v) is 17.7. The van der Waals surface area contributed by atoms with Gasteiger partial charge in [-0.2, -0.15) is 0 Å². The lowest BCUT2D eigenvalue weighted by atomic mass is 9.82. The predicted octanol–water partition coefficient (Wildman–Crippen LogP) is 7.27. The maximum Gasteiger partial charge on any atom is 0.472 e. The van der Waals surface area contributed by atoms with Crippen molar-refractivity contribution in [1.82, 2.24) is 0 Å². The van der Waals surface area contributed by atoms with Gasteiger partial charge in [0.1, 0.15) is 0 Å². The van der Waals surface area contributed by atoms with Gasteiger partial charge in [0.15, 0.2) is 0 Å². The van der Waals surface area contributed by atoms with Crippen LogP contribution in [0.3, 0.4) is 0 Å². The summed E-state index contributed by atoms with van der Waals surface area (Å²) in [7, 11) is -4.90. The molecule has 7 heteroatoms. The van der Waals surface area contributed by atoms with E-state index >= 15 is 0 Å². The van der Waals surface area contributed by atoms with Crippen molar-refractivity contribution in [3.05, 3.63) is 0 Å². The van der Waals surface area contributed by atoms with E-state index in [1.54, 1.807) is 6.92 Å². The van der Waals surface area contributed by atoms with Gasteiger partial charge >= 0.3 is 7.82 Å². The monoisotopic (exact) mass is 463 g/mol. The topological polar surface area (TPSA) is 81.8 Å². The van der Waals surface area contributed by atoms with Crippen LogP contribution in [0, 0.1) is 5.92 Å². The molecule has 2 atom stereocenters. The van der Waals surface area contributed by atoms with E-state index in [1.807, 2.05) is 0 Å². The Bertz CT molecular complexity index is 494. The summed E-state index contributed by atoms with van der Waals surface area (Å²) < 4.78 is 21.5. The second-order valence-corrected chi connectivity index (χ2v) is 17.8. The van der Waals surface area contributed by atoms with Crippen LogP contribution in [-0.2, 0) is 13.6 Å². The summed E-state index contributed by atoms with van der Waals surface area (Å²) >= 11 is 0. The van der Waals surface area contributed by atoms with E-state index < -0.39 is 15.9 Å². The van der Waals surface area contributed by atoms with Gasteiger partial charge in [0.2, 0.25) is 0 Å². The standard InChI is InChI=1S/C23H50NO4PSi/c1-5-27-29(25,26)28-20-13-19-23(24,18-11-12-21-30(2,3)4)17-10-9-16-22-14-7-6-8-15-22/h22H,5-21,24H2,1-4H3,(H,25,26). The SMILES string of the molecule is CCOP(=O)(O)OCCCC(N)(CCCCC1CCCCC1)CCCC[Si](C)(C)C. The Balaban J connectivity index is 2.40. The van der Waals surface area contributed by atoms with Gasteiger partial charge in [-0.15, -0.1) is 0 Å². The fraction of sp³-hybridized carbons (Fsp3) is 1.00. The lowest BCUT2D eigenvalue weighted by molar-refractivity contribution is 0.148. The van der Waals surface area contributed by atoms with E-state index in [-0.39, 0.29) is 18.8 Å². The summed E-state index contributed by atoms with van der Waals surface area (Å²) in [5.41, 5.74) is 6.69. The van der Waals surface area contributed by atoms with Crippen LogP contribution >= 0.6 is 7.82 Å². The molecule has 0 aromatic rings. The van der Waals surface area contributed by atoms with Crippen molar-refractivity contribution in [2.75, 3.05) is 13.2 Å². The molecule has 0 saturated heterocycles. The molecule has 0 bridgehead atoms. The minimum Gasteiger partial charge on any atom is -0.325 e. The molecule has 180 valence electrons. The summed E-state index contributed by atoms with van der Waals surface area (Å²) in [6.07, 6.45) is 17.0. The molecule has 0 aliphatic heterocycles. The number of hydrogen-bond acceptors (Lipinski definition) is 4. The molecule has 1 aliphatic rings. The van der Waals surface area contributed by atoms with Crippen molar-refractivity contribution in [3.8, 4) is 0 Å². The number of phosphoric acid groups is 1. The number of rotatable bonds is 17. The molecule has 30 heavy (non-hydrogen) atoms. The van der Waals surface area contributed by atoms with E-state index in [4.69, 9.17) is 14.8 Å². The Labute approximate surface area is 187 Å². The van der Waals surface area contributed by atoms with Crippen LogP contribution in [0.5, 0.6) is 0 Å². The van der Waals surface area contributed by atoms with Crippen molar-refractivity contribution in [2.45, 2.75) is 128 Å². The fourth-order valence-electron chi connectivity index (χ4n) is 4.70. The summed E-state index contributed by atoms with van der Waals surface area (Å²) in [5, 5.41) is 0. The molecular weight excluding hydrogens is 413 g/mol. The second kappa shape index (κ2) is 14.4. The number of nitrogens with two attached hydrogens (primary N) is 1. The van der Waals surface area contributed by atoms with E-state index in [9.17, 15) is 9.46 Å². The first-order valence-electron chi connectivity index (χ1n) is 12.5. The van der Waals surface area contributed by atoms with Crippen LogP contribution in [0.4, 0.5) is 0 Å². The highest BCUT2D eigenvalue weighted by molar-refractivity contribution is 7.47. The van der Waals surface area contributed by atoms with E-state index in [0.717, 1.165) is 25.2 Å². The average molecular weight is 464 g/mol. The molecule has 0 heterocycles. The van der Waals surface area contributed by atoms with E-state index in [2.05, 4.69) is 19.6 Å². The van der Waals surface area contributed by atoms with Crippen LogP contribution < -0.4 is 5.73 Å². The first kappa shape index (κ1) is 28.3. The Hall–Kier alpha value is 0.287. The average Bonchev–Trinajstić information content (AvgIpc) is 2.66. The fourth-order valence-corrected chi connectivity index (χ4v) is 6.77. The molecule has 0 radical (unpaired) electrons. The maximum absolute atomic E-state index is 11.7. The molecule has 0 aromatic carbocycles. The van der Waals surface area contributed by atoms with Crippen molar-refractivity contribution < 1.29 is 18.5 Å². The highest BCUT2D eigenvalue weighted by atomic mass is 31.2. The lowest BCUT2D eigenvalue weighted by Gasteiger charge is -2.31. The Kier molecular flexibility index (Phi) is 13.6. The van der Waals surface area contributed by atoms with Crippen molar-refractivity contribution in [1.29, 1.82) is 0 Å². The molecule has 1 saturated carbocycles. The Morgan fingerprint density at radius 2 is 1.57 bits per heavy atom. The van der Waals surface area contributed by atoms with Gasteiger partial charge in [-0.05, 0) is 38.5 Å². The quantitative estimate of drug-likeness (QED) is 0.135. The molecule has 1 rings (SSSR count). The molecule has 2 unspecified atom stereocenters. The van der Waals surface area contributed by atoms with Crippen LogP contribution in [-0.4, -0.2) is 31.7 Å². The molecule has 0 aromatic heterocycles. The van der Waals surface area contributed by atoms with Gasteiger partial charge in [0, 0.05) is 13.6 Å². The smallest absolute Gasteiger partial charge is 0.325 e. The van der Waals surface area contributed by atoms with Gasteiger partial charge < -0.3 is 10.6 Å². The van der Waals surface area contributed by atoms with Gasteiger partial charge in [-0.25, -0.2) is 4.57 Å². The first-order chi connectivity index (χ1) is 14.1. The van der Waals surface area contributed by atoms with Gasteiger partial charge in [-0.1, -0.05) is 89.9 Å². The van der Waals surface area contributed by atoms with Crippen molar-refractivity contribution in [2.24, 2.45) is 11.7 Å². The molecular formula is C23H50NO4PSi. The largest absolute Gasteiger partial charge is 0.472 e. The predicted molar refractivity (Wildman–Crippen MR) is 131 cm³/mol. The third-order valence-electron chi connectivity index (χ3n) is 6.48. The minimum absolute atomic E-state index is 0.173. The third kappa shape index (κ3) is 14.4. The van der Waals surface area contributed by atoms with Gasteiger partial charge in [0.05, 0.1) is 13.2 Å². The molecule has 3 N–H and O–H groups in total.